The SMILES string of the molecule is CCOCCOc1c(C(=O)N2CCN(c3ccccn3)CC2)sc2c1c(=O)n(CC(=O)c1ccccc1)c1ccccc21. The second-order valence-electron chi connectivity index (χ2n) is 10.2. The summed E-state index contributed by atoms with van der Waals surface area (Å²) in [6.45, 7) is 5.11. The van der Waals surface area contributed by atoms with Crippen molar-refractivity contribution in [3.05, 3.63) is 99.8 Å². The average Bonchev–Trinajstić information content (AvgIpc) is 3.45. The highest BCUT2D eigenvalue weighted by molar-refractivity contribution is 7.22. The third-order valence-corrected chi connectivity index (χ3v) is 8.77. The van der Waals surface area contributed by atoms with Crippen molar-refractivity contribution in [2.45, 2.75) is 13.5 Å². The van der Waals surface area contributed by atoms with Gasteiger partial charge in [0, 0.05) is 49.9 Å². The number of aromatic nitrogens is 2. The minimum atomic E-state index is -0.361. The van der Waals surface area contributed by atoms with Crippen molar-refractivity contribution in [2.24, 2.45) is 0 Å². The van der Waals surface area contributed by atoms with E-state index in [0.717, 1.165) is 11.2 Å². The van der Waals surface area contributed by atoms with Gasteiger partial charge in [0.15, 0.2) is 11.5 Å². The van der Waals surface area contributed by atoms with Gasteiger partial charge in [-0.05, 0) is 25.1 Å². The van der Waals surface area contributed by atoms with Crippen molar-refractivity contribution >= 4 is 49.8 Å². The van der Waals surface area contributed by atoms with Crippen LogP contribution < -0.4 is 15.2 Å². The zero-order valence-corrected chi connectivity index (χ0v) is 24.7. The van der Waals surface area contributed by atoms with E-state index in [9.17, 15) is 14.4 Å². The van der Waals surface area contributed by atoms with Crippen LogP contribution in [0, 0.1) is 0 Å². The second kappa shape index (κ2) is 12.8. The number of amides is 1. The number of Topliss-reactive ketones (excluding diaryl/α,β-unsaturated/α-hetero) is 1. The highest BCUT2D eigenvalue weighted by Crippen LogP contribution is 2.40. The van der Waals surface area contributed by atoms with Gasteiger partial charge in [0.1, 0.15) is 22.7 Å². The summed E-state index contributed by atoms with van der Waals surface area (Å²) in [5, 5.41) is 1.10. The number of nitrogens with zero attached hydrogens (tertiary/aromatic N) is 4. The van der Waals surface area contributed by atoms with Crippen molar-refractivity contribution in [3.8, 4) is 5.75 Å². The van der Waals surface area contributed by atoms with E-state index in [-0.39, 0.29) is 36.2 Å². The van der Waals surface area contributed by atoms with Crippen LogP contribution in [0.15, 0.2) is 83.8 Å². The zero-order chi connectivity index (χ0) is 29.8. The van der Waals surface area contributed by atoms with Gasteiger partial charge in [-0.2, -0.15) is 0 Å². The monoisotopic (exact) mass is 596 g/mol. The van der Waals surface area contributed by atoms with Gasteiger partial charge in [0.05, 0.1) is 23.4 Å². The number of benzene rings is 2. The number of carbonyl (C=O) groups excluding carboxylic acids is 2. The molecule has 9 nitrogen and oxygen atoms in total. The first-order valence-electron chi connectivity index (χ1n) is 14.4. The van der Waals surface area contributed by atoms with Crippen LogP contribution in [0.5, 0.6) is 5.75 Å². The molecular weight excluding hydrogens is 564 g/mol. The summed E-state index contributed by atoms with van der Waals surface area (Å²) >= 11 is 1.27. The number of hydrogen-bond acceptors (Lipinski definition) is 8. The Hall–Kier alpha value is -4.54. The van der Waals surface area contributed by atoms with Crippen LogP contribution in [0.25, 0.3) is 21.0 Å². The average molecular weight is 597 g/mol. The fraction of sp³-hybridized carbons (Fsp3) is 0.273. The molecule has 3 aromatic heterocycles. The fourth-order valence-corrected chi connectivity index (χ4v) is 6.65. The first-order chi connectivity index (χ1) is 21.1. The summed E-state index contributed by atoms with van der Waals surface area (Å²) in [5.74, 6) is 0.786. The number of hydrogen-bond donors (Lipinski definition) is 0. The normalized spacial score (nSPS) is 13.5. The number of rotatable bonds is 10. The van der Waals surface area contributed by atoms with Crippen LogP contribution >= 0.6 is 11.3 Å². The van der Waals surface area contributed by atoms with E-state index < -0.39 is 0 Å². The summed E-state index contributed by atoms with van der Waals surface area (Å²) in [7, 11) is 0. The molecule has 0 aliphatic carbocycles. The summed E-state index contributed by atoms with van der Waals surface area (Å²) in [6.07, 6.45) is 1.76. The number of para-hydroxylation sites is 1. The molecule has 220 valence electrons. The Balaban J connectivity index is 1.40. The Morgan fingerprint density at radius 2 is 1.65 bits per heavy atom. The lowest BCUT2D eigenvalue weighted by Crippen LogP contribution is -2.49. The van der Waals surface area contributed by atoms with Crippen molar-refractivity contribution in [1.82, 2.24) is 14.5 Å². The Morgan fingerprint density at radius 1 is 0.907 bits per heavy atom. The quantitative estimate of drug-likeness (QED) is 0.168. The van der Waals surface area contributed by atoms with Gasteiger partial charge in [-0.15, -0.1) is 11.3 Å². The highest BCUT2D eigenvalue weighted by Gasteiger charge is 2.30. The molecule has 43 heavy (non-hydrogen) atoms. The number of fused-ring (bicyclic) bond motifs is 3. The number of pyridine rings is 2. The second-order valence-corrected chi connectivity index (χ2v) is 11.2. The molecule has 0 unspecified atom stereocenters. The molecule has 0 saturated carbocycles. The van der Waals surface area contributed by atoms with Crippen LogP contribution in [0.4, 0.5) is 5.82 Å². The van der Waals surface area contributed by atoms with Gasteiger partial charge >= 0.3 is 0 Å². The molecule has 0 N–H and O–H groups in total. The molecule has 0 spiro atoms. The molecule has 0 atom stereocenters. The van der Waals surface area contributed by atoms with Crippen molar-refractivity contribution in [2.75, 3.05) is 50.9 Å². The molecule has 0 bridgehead atoms. The molecule has 6 rings (SSSR count). The number of ether oxygens (including phenoxy) is 2. The maximum absolute atomic E-state index is 14.2. The number of piperazine rings is 1. The first-order valence-corrected chi connectivity index (χ1v) is 15.2. The van der Waals surface area contributed by atoms with Crippen LogP contribution in [-0.4, -0.2) is 72.1 Å². The molecule has 1 fully saturated rings. The predicted octanol–water partition coefficient (Wildman–Crippen LogP) is 4.87. The molecule has 10 heteroatoms. The van der Waals surface area contributed by atoms with Gasteiger partial charge in [-0.3, -0.25) is 19.0 Å². The van der Waals surface area contributed by atoms with Crippen LogP contribution in [0.1, 0.15) is 27.0 Å². The summed E-state index contributed by atoms with van der Waals surface area (Å²) < 4.78 is 13.8. The first kappa shape index (κ1) is 28.6. The van der Waals surface area contributed by atoms with Crippen LogP contribution in [0.2, 0.25) is 0 Å². The van der Waals surface area contributed by atoms with E-state index in [4.69, 9.17) is 9.47 Å². The van der Waals surface area contributed by atoms with Gasteiger partial charge in [0.2, 0.25) is 0 Å². The molecular formula is C33H32N4O5S. The topological polar surface area (TPSA) is 94.0 Å². The predicted molar refractivity (Wildman–Crippen MR) is 169 cm³/mol. The largest absolute Gasteiger partial charge is 0.489 e. The van der Waals surface area contributed by atoms with Crippen LogP contribution in [-0.2, 0) is 11.3 Å². The third kappa shape index (κ3) is 5.76. The lowest BCUT2D eigenvalue weighted by Gasteiger charge is -2.35. The molecule has 1 aliphatic rings. The van der Waals surface area contributed by atoms with Gasteiger partial charge < -0.3 is 19.3 Å². The third-order valence-electron chi connectivity index (χ3n) is 7.57. The van der Waals surface area contributed by atoms with E-state index in [1.54, 1.807) is 35.4 Å². The van der Waals surface area contributed by atoms with Gasteiger partial charge in [-0.25, -0.2) is 4.98 Å². The molecule has 1 saturated heterocycles. The minimum absolute atomic E-state index is 0.133. The van der Waals surface area contributed by atoms with Crippen molar-refractivity contribution in [1.29, 1.82) is 0 Å². The van der Waals surface area contributed by atoms with E-state index in [2.05, 4.69) is 9.88 Å². The molecule has 1 amide bonds. The maximum Gasteiger partial charge on any atom is 0.267 e. The number of thiophene rings is 1. The Morgan fingerprint density at radius 3 is 2.40 bits per heavy atom. The Kier molecular flexibility index (Phi) is 8.48. The number of ketones is 1. The lowest BCUT2D eigenvalue weighted by atomic mass is 10.1. The van der Waals surface area contributed by atoms with E-state index in [1.807, 2.05) is 55.5 Å². The smallest absolute Gasteiger partial charge is 0.267 e. The van der Waals surface area contributed by atoms with E-state index in [1.165, 1.54) is 15.9 Å². The fourth-order valence-electron chi connectivity index (χ4n) is 5.41. The van der Waals surface area contributed by atoms with Gasteiger partial charge in [-0.1, -0.05) is 54.6 Å². The summed E-state index contributed by atoms with van der Waals surface area (Å²) in [4.78, 5) is 50.3. The lowest BCUT2D eigenvalue weighted by molar-refractivity contribution is 0.0742. The summed E-state index contributed by atoms with van der Waals surface area (Å²) in [5.41, 5.74) is 0.798. The molecule has 5 aromatic rings. The van der Waals surface area contributed by atoms with Crippen LogP contribution in [0.3, 0.4) is 0 Å². The highest BCUT2D eigenvalue weighted by atomic mass is 32.1. The molecule has 4 heterocycles. The Labute approximate surface area is 252 Å². The standard InChI is InChI=1S/C33H32N4O5S/c1-2-41-20-21-42-29-28-30(43-31(29)33(40)36-18-16-35(17-19-36)27-14-8-9-15-34-27)24-12-6-7-13-25(24)37(32(28)39)22-26(38)23-10-4-3-5-11-23/h3-15H,2,16-22H2,1H3. The minimum Gasteiger partial charge on any atom is -0.489 e. The van der Waals surface area contributed by atoms with Gasteiger partial charge in [0.25, 0.3) is 11.5 Å². The number of anilines is 1. The molecule has 0 radical (unpaired) electrons. The Bertz CT molecular complexity index is 1810. The maximum atomic E-state index is 14.2. The van der Waals surface area contributed by atoms with E-state index in [0.29, 0.717) is 65.4 Å². The summed E-state index contributed by atoms with van der Waals surface area (Å²) in [6, 6.07) is 22.2. The molecule has 2 aromatic carbocycles. The molecule has 1 aliphatic heterocycles. The van der Waals surface area contributed by atoms with Crippen molar-refractivity contribution in [3.63, 3.8) is 0 Å². The zero-order valence-electron chi connectivity index (χ0n) is 23.9. The van der Waals surface area contributed by atoms with Crippen molar-refractivity contribution < 1.29 is 19.1 Å². The van der Waals surface area contributed by atoms with E-state index >= 15 is 0 Å². The number of carbonyl (C=O) groups is 2.